The van der Waals surface area contributed by atoms with Crippen LogP contribution >= 0.6 is 0 Å². The third-order valence-electron chi connectivity index (χ3n) is 3.65. The molecule has 1 N–H and O–H groups in total. The standard InChI is InChI=1S/C20H16F2N2O2/c21-18-7-2-8-19(22)17(18)11-20(25)24-15-5-1-6-16(10-15)26-13-14-4-3-9-23-12-14/h1-10,12H,11,13H2,(H,24,25). The maximum absolute atomic E-state index is 13.6. The average Bonchev–Trinajstić information content (AvgIpc) is 2.64. The van der Waals surface area contributed by atoms with Gasteiger partial charge in [-0.05, 0) is 30.3 Å². The second-order valence-corrected chi connectivity index (χ2v) is 5.60. The lowest BCUT2D eigenvalue weighted by atomic mass is 10.1. The summed E-state index contributed by atoms with van der Waals surface area (Å²) in [6, 6.07) is 14.0. The number of halogens is 2. The summed E-state index contributed by atoms with van der Waals surface area (Å²) in [6.07, 6.45) is 2.99. The molecule has 4 nitrogen and oxygen atoms in total. The largest absolute Gasteiger partial charge is 0.489 e. The Labute approximate surface area is 149 Å². The Hall–Kier alpha value is -3.28. The molecule has 26 heavy (non-hydrogen) atoms. The van der Waals surface area contributed by atoms with Crippen LogP contribution < -0.4 is 10.1 Å². The minimum Gasteiger partial charge on any atom is -0.489 e. The van der Waals surface area contributed by atoms with Gasteiger partial charge in [0.05, 0.1) is 6.42 Å². The summed E-state index contributed by atoms with van der Waals surface area (Å²) >= 11 is 0. The zero-order valence-electron chi connectivity index (χ0n) is 13.8. The number of rotatable bonds is 6. The van der Waals surface area contributed by atoms with Gasteiger partial charge in [0.2, 0.25) is 5.91 Å². The number of hydrogen-bond acceptors (Lipinski definition) is 3. The van der Waals surface area contributed by atoms with Crippen molar-refractivity contribution < 1.29 is 18.3 Å². The van der Waals surface area contributed by atoms with E-state index in [-0.39, 0.29) is 12.0 Å². The molecular weight excluding hydrogens is 338 g/mol. The Balaban J connectivity index is 1.62. The van der Waals surface area contributed by atoms with Crippen molar-refractivity contribution in [3.8, 4) is 5.75 Å². The Morgan fingerprint density at radius 1 is 1.04 bits per heavy atom. The van der Waals surface area contributed by atoms with E-state index < -0.39 is 17.5 Å². The van der Waals surface area contributed by atoms with Crippen LogP contribution in [0.15, 0.2) is 67.0 Å². The molecule has 0 aliphatic rings. The Morgan fingerprint density at radius 2 is 1.81 bits per heavy atom. The lowest BCUT2D eigenvalue weighted by Crippen LogP contribution is -2.16. The molecule has 0 aliphatic carbocycles. The predicted octanol–water partition coefficient (Wildman–Crippen LogP) is 4.12. The zero-order chi connectivity index (χ0) is 18.4. The van der Waals surface area contributed by atoms with Gasteiger partial charge in [0, 0.05) is 35.3 Å². The molecule has 0 spiro atoms. The van der Waals surface area contributed by atoms with Gasteiger partial charge in [-0.2, -0.15) is 0 Å². The number of amides is 1. The van der Waals surface area contributed by atoms with Gasteiger partial charge < -0.3 is 10.1 Å². The molecule has 0 saturated heterocycles. The first-order valence-corrected chi connectivity index (χ1v) is 7.96. The molecule has 0 aliphatic heterocycles. The maximum atomic E-state index is 13.6. The number of pyridine rings is 1. The summed E-state index contributed by atoms with van der Waals surface area (Å²) in [7, 11) is 0. The van der Waals surface area contributed by atoms with Gasteiger partial charge >= 0.3 is 0 Å². The summed E-state index contributed by atoms with van der Waals surface area (Å²) in [4.78, 5) is 16.1. The lowest BCUT2D eigenvalue weighted by Gasteiger charge is -2.10. The molecule has 1 heterocycles. The van der Waals surface area contributed by atoms with Gasteiger partial charge in [-0.1, -0.05) is 18.2 Å². The van der Waals surface area contributed by atoms with Gasteiger partial charge in [0.15, 0.2) is 0 Å². The van der Waals surface area contributed by atoms with Crippen molar-refractivity contribution >= 4 is 11.6 Å². The molecule has 0 bridgehead atoms. The van der Waals surface area contributed by atoms with Crippen molar-refractivity contribution in [1.82, 2.24) is 4.98 Å². The highest BCUT2D eigenvalue weighted by Gasteiger charge is 2.13. The second-order valence-electron chi connectivity index (χ2n) is 5.60. The molecule has 1 aromatic heterocycles. The molecule has 3 aromatic rings. The number of nitrogens with zero attached hydrogens (tertiary/aromatic N) is 1. The maximum Gasteiger partial charge on any atom is 0.229 e. The summed E-state index contributed by atoms with van der Waals surface area (Å²) in [6.45, 7) is 0.339. The highest BCUT2D eigenvalue weighted by atomic mass is 19.1. The van der Waals surface area contributed by atoms with Crippen LogP contribution in [0.3, 0.4) is 0 Å². The normalized spacial score (nSPS) is 10.4. The first-order valence-electron chi connectivity index (χ1n) is 7.96. The van der Waals surface area contributed by atoms with Crippen LogP contribution in [0.2, 0.25) is 0 Å². The summed E-state index contributed by atoms with van der Waals surface area (Å²) in [5, 5.41) is 2.62. The number of nitrogens with one attached hydrogen (secondary N) is 1. The van der Waals surface area contributed by atoms with Crippen molar-refractivity contribution in [3.05, 3.63) is 89.8 Å². The van der Waals surface area contributed by atoms with Gasteiger partial charge in [-0.25, -0.2) is 8.78 Å². The molecule has 1 amide bonds. The topological polar surface area (TPSA) is 51.2 Å². The molecular formula is C20H16F2N2O2. The van der Waals surface area contributed by atoms with E-state index in [9.17, 15) is 13.6 Å². The van der Waals surface area contributed by atoms with Crippen molar-refractivity contribution in [1.29, 1.82) is 0 Å². The van der Waals surface area contributed by atoms with Crippen LogP contribution in [0.5, 0.6) is 5.75 Å². The van der Waals surface area contributed by atoms with Crippen LogP contribution in [0.4, 0.5) is 14.5 Å². The summed E-state index contributed by atoms with van der Waals surface area (Å²) in [5.74, 6) is -1.44. The fourth-order valence-electron chi connectivity index (χ4n) is 2.38. The fourth-order valence-corrected chi connectivity index (χ4v) is 2.38. The van der Waals surface area contributed by atoms with Crippen LogP contribution in [-0.4, -0.2) is 10.9 Å². The number of hydrogen-bond donors (Lipinski definition) is 1. The number of anilines is 1. The molecule has 0 atom stereocenters. The van der Waals surface area contributed by atoms with Crippen molar-refractivity contribution in [2.45, 2.75) is 13.0 Å². The van der Waals surface area contributed by atoms with Crippen LogP contribution in [0, 0.1) is 11.6 Å². The van der Waals surface area contributed by atoms with E-state index in [0.29, 0.717) is 18.0 Å². The Morgan fingerprint density at radius 3 is 2.54 bits per heavy atom. The molecule has 0 radical (unpaired) electrons. The third kappa shape index (κ3) is 4.63. The number of carbonyl (C=O) groups is 1. The first kappa shape index (κ1) is 17.5. The average molecular weight is 354 g/mol. The van der Waals surface area contributed by atoms with E-state index in [1.54, 1.807) is 36.7 Å². The molecule has 0 unspecified atom stereocenters. The van der Waals surface area contributed by atoms with Crippen LogP contribution in [0.1, 0.15) is 11.1 Å². The molecule has 0 fully saturated rings. The lowest BCUT2D eigenvalue weighted by molar-refractivity contribution is -0.115. The van der Waals surface area contributed by atoms with Gasteiger partial charge in [-0.3, -0.25) is 9.78 Å². The minimum absolute atomic E-state index is 0.256. The molecule has 132 valence electrons. The smallest absolute Gasteiger partial charge is 0.229 e. The highest BCUT2D eigenvalue weighted by molar-refractivity contribution is 5.92. The van der Waals surface area contributed by atoms with Gasteiger partial charge in [0.25, 0.3) is 0 Å². The highest BCUT2D eigenvalue weighted by Crippen LogP contribution is 2.19. The van der Waals surface area contributed by atoms with E-state index in [1.807, 2.05) is 12.1 Å². The van der Waals surface area contributed by atoms with E-state index in [1.165, 1.54) is 6.07 Å². The van der Waals surface area contributed by atoms with Gasteiger partial charge in [-0.15, -0.1) is 0 Å². The predicted molar refractivity (Wildman–Crippen MR) is 93.7 cm³/mol. The van der Waals surface area contributed by atoms with E-state index in [2.05, 4.69) is 10.3 Å². The quantitative estimate of drug-likeness (QED) is 0.724. The Kier molecular flexibility index (Phi) is 5.53. The van der Waals surface area contributed by atoms with E-state index in [4.69, 9.17) is 4.74 Å². The molecule has 2 aromatic carbocycles. The first-order chi connectivity index (χ1) is 12.6. The number of benzene rings is 2. The molecule has 0 saturated carbocycles. The van der Waals surface area contributed by atoms with Gasteiger partial charge in [0.1, 0.15) is 24.0 Å². The third-order valence-corrected chi connectivity index (χ3v) is 3.65. The van der Waals surface area contributed by atoms with E-state index in [0.717, 1.165) is 17.7 Å². The fraction of sp³-hybridized carbons (Fsp3) is 0.100. The number of ether oxygens (including phenoxy) is 1. The Bertz CT molecular complexity index is 881. The molecule has 6 heteroatoms. The van der Waals surface area contributed by atoms with Crippen molar-refractivity contribution in [3.63, 3.8) is 0 Å². The second kappa shape index (κ2) is 8.20. The van der Waals surface area contributed by atoms with Crippen LogP contribution in [-0.2, 0) is 17.8 Å². The number of aromatic nitrogens is 1. The number of carbonyl (C=O) groups excluding carboxylic acids is 1. The summed E-state index contributed by atoms with van der Waals surface area (Å²) < 4.78 is 32.9. The summed E-state index contributed by atoms with van der Waals surface area (Å²) in [5.41, 5.74) is 1.14. The molecule has 3 rings (SSSR count). The monoisotopic (exact) mass is 354 g/mol. The van der Waals surface area contributed by atoms with Crippen molar-refractivity contribution in [2.24, 2.45) is 0 Å². The van der Waals surface area contributed by atoms with E-state index >= 15 is 0 Å². The SMILES string of the molecule is O=C(Cc1c(F)cccc1F)Nc1cccc(OCc2cccnc2)c1. The van der Waals surface area contributed by atoms with Crippen molar-refractivity contribution in [2.75, 3.05) is 5.32 Å². The minimum atomic E-state index is -0.742. The van der Waals surface area contributed by atoms with Crippen LogP contribution in [0.25, 0.3) is 0 Å². The zero-order valence-corrected chi connectivity index (χ0v) is 13.8.